The van der Waals surface area contributed by atoms with Crippen LogP contribution in [0.25, 0.3) is 0 Å². The Morgan fingerprint density at radius 3 is 2.46 bits per heavy atom. The normalized spacial score (nSPS) is 21.7. The number of nitrogens with zero attached hydrogens (tertiary/aromatic N) is 1. The first-order valence-electron chi connectivity index (χ1n) is 9.78. The Morgan fingerprint density at radius 1 is 1.12 bits per heavy atom. The SMILES string of the molecule is CC1CCN(C(CNC(=O)CC2CCCC2)c2ccccc2)CC1. The first kappa shape index (κ1) is 17.5. The minimum Gasteiger partial charge on any atom is -0.354 e. The zero-order valence-corrected chi connectivity index (χ0v) is 15.0. The fraction of sp³-hybridized carbons (Fsp3) is 0.667. The molecule has 2 aliphatic rings. The lowest BCUT2D eigenvalue weighted by Gasteiger charge is -2.37. The van der Waals surface area contributed by atoms with E-state index in [-0.39, 0.29) is 5.91 Å². The number of hydrogen-bond donors (Lipinski definition) is 1. The maximum atomic E-state index is 12.3. The molecule has 2 fully saturated rings. The topological polar surface area (TPSA) is 32.3 Å². The molecule has 0 radical (unpaired) electrons. The van der Waals surface area contributed by atoms with E-state index in [1.54, 1.807) is 0 Å². The highest BCUT2D eigenvalue weighted by atomic mass is 16.1. The summed E-state index contributed by atoms with van der Waals surface area (Å²) in [5.74, 6) is 1.69. The molecule has 1 saturated heterocycles. The molecule has 1 unspecified atom stereocenters. The van der Waals surface area contributed by atoms with Gasteiger partial charge in [0.15, 0.2) is 0 Å². The van der Waals surface area contributed by atoms with Crippen LogP contribution in [0, 0.1) is 11.8 Å². The highest BCUT2D eigenvalue weighted by Gasteiger charge is 2.25. The smallest absolute Gasteiger partial charge is 0.220 e. The monoisotopic (exact) mass is 328 g/mol. The van der Waals surface area contributed by atoms with Crippen LogP contribution in [-0.4, -0.2) is 30.4 Å². The molecule has 132 valence electrons. The van der Waals surface area contributed by atoms with Crippen molar-refractivity contribution in [2.45, 2.75) is 57.9 Å². The van der Waals surface area contributed by atoms with E-state index in [0.717, 1.165) is 32.0 Å². The van der Waals surface area contributed by atoms with Crippen LogP contribution >= 0.6 is 0 Å². The zero-order chi connectivity index (χ0) is 16.8. The van der Waals surface area contributed by atoms with Crippen molar-refractivity contribution < 1.29 is 4.79 Å². The Kier molecular flexibility index (Phi) is 6.30. The van der Waals surface area contributed by atoms with Crippen molar-refractivity contribution in [3.8, 4) is 0 Å². The highest BCUT2D eigenvalue weighted by Crippen LogP contribution is 2.28. The lowest BCUT2D eigenvalue weighted by Crippen LogP contribution is -2.42. The van der Waals surface area contributed by atoms with Crippen LogP contribution in [0.15, 0.2) is 30.3 Å². The van der Waals surface area contributed by atoms with Crippen LogP contribution in [0.1, 0.15) is 63.5 Å². The van der Waals surface area contributed by atoms with E-state index in [1.807, 2.05) is 0 Å². The van der Waals surface area contributed by atoms with Crippen molar-refractivity contribution in [2.75, 3.05) is 19.6 Å². The van der Waals surface area contributed by atoms with E-state index in [2.05, 4.69) is 47.5 Å². The van der Waals surface area contributed by atoms with Crippen LogP contribution in [0.3, 0.4) is 0 Å². The van der Waals surface area contributed by atoms with Crippen molar-refractivity contribution in [2.24, 2.45) is 11.8 Å². The standard InChI is InChI=1S/C21H32N2O/c1-17-11-13-23(14-12-17)20(19-9-3-2-4-10-19)16-22-21(24)15-18-7-5-6-8-18/h2-4,9-10,17-18,20H,5-8,11-16H2,1H3,(H,22,24). The molecule has 1 N–H and O–H groups in total. The fourth-order valence-corrected chi connectivity index (χ4v) is 4.23. The second-order valence-electron chi connectivity index (χ2n) is 7.80. The Hall–Kier alpha value is -1.35. The van der Waals surface area contributed by atoms with Crippen LogP contribution in [0.2, 0.25) is 0 Å². The number of carbonyl (C=O) groups excluding carboxylic acids is 1. The summed E-state index contributed by atoms with van der Waals surface area (Å²) >= 11 is 0. The van der Waals surface area contributed by atoms with Crippen LogP contribution < -0.4 is 5.32 Å². The summed E-state index contributed by atoms with van der Waals surface area (Å²) in [5.41, 5.74) is 1.33. The summed E-state index contributed by atoms with van der Waals surface area (Å²) in [7, 11) is 0. The van der Waals surface area contributed by atoms with Gasteiger partial charge in [0.05, 0.1) is 6.04 Å². The van der Waals surface area contributed by atoms with Gasteiger partial charge in [0.2, 0.25) is 5.91 Å². The number of carbonyl (C=O) groups is 1. The first-order chi connectivity index (χ1) is 11.7. The van der Waals surface area contributed by atoms with Gasteiger partial charge in [0.25, 0.3) is 0 Å². The third-order valence-corrected chi connectivity index (χ3v) is 5.88. The van der Waals surface area contributed by atoms with Gasteiger partial charge in [-0.25, -0.2) is 0 Å². The second kappa shape index (κ2) is 8.66. The molecule has 3 rings (SSSR count). The fourth-order valence-electron chi connectivity index (χ4n) is 4.23. The summed E-state index contributed by atoms with van der Waals surface area (Å²) in [4.78, 5) is 14.9. The number of amides is 1. The maximum Gasteiger partial charge on any atom is 0.220 e. The zero-order valence-electron chi connectivity index (χ0n) is 15.0. The van der Waals surface area contributed by atoms with E-state index >= 15 is 0 Å². The average Bonchev–Trinajstić information content (AvgIpc) is 3.10. The van der Waals surface area contributed by atoms with Gasteiger partial charge in [0, 0.05) is 13.0 Å². The summed E-state index contributed by atoms with van der Waals surface area (Å²) in [6.45, 7) is 5.36. The molecule has 24 heavy (non-hydrogen) atoms. The molecule has 1 aromatic carbocycles. The van der Waals surface area contributed by atoms with Crippen molar-refractivity contribution in [1.29, 1.82) is 0 Å². The Labute approximate surface area is 146 Å². The summed E-state index contributed by atoms with van der Waals surface area (Å²) in [6.07, 6.45) is 8.32. The average molecular weight is 328 g/mol. The van der Waals surface area contributed by atoms with Gasteiger partial charge in [-0.15, -0.1) is 0 Å². The van der Waals surface area contributed by atoms with Crippen molar-refractivity contribution >= 4 is 5.91 Å². The van der Waals surface area contributed by atoms with Crippen molar-refractivity contribution in [3.05, 3.63) is 35.9 Å². The van der Waals surface area contributed by atoms with E-state index in [4.69, 9.17) is 0 Å². The predicted molar refractivity (Wildman–Crippen MR) is 98.7 cm³/mol. The Morgan fingerprint density at radius 2 is 1.79 bits per heavy atom. The quantitative estimate of drug-likeness (QED) is 0.850. The van der Waals surface area contributed by atoms with Crippen LogP contribution in [0.5, 0.6) is 0 Å². The highest BCUT2D eigenvalue weighted by molar-refractivity contribution is 5.76. The van der Waals surface area contributed by atoms with E-state index in [1.165, 1.54) is 44.1 Å². The lowest BCUT2D eigenvalue weighted by molar-refractivity contribution is -0.122. The maximum absolute atomic E-state index is 12.3. The van der Waals surface area contributed by atoms with E-state index in [9.17, 15) is 4.79 Å². The number of hydrogen-bond acceptors (Lipinski definition) is 2. The largest absolute Gasteiger partial charge is 0.354 e. The molecule has 1 aromatic rings. The molecular weight excluding hydrogens is 296 g/mol. The summed E-state index contributed by atoms with van der Waals surface area (Å²) in [6, 6.07) is 11.0. The van der Waals surface area contributed by atoms with Gasteiger partial charge in [0.1, 0.15) is 0 Å². The van der Waals surface area contributed by atoms with Crippen molar-refractivity contribution in [3.63, 3.8) is 0 Å². The van der Waals surface area contributed by atoms with Gasteiger partial charge in [-0.2, -0.15) is 0 Å². The van der Waals surface area contributed by atoms with Crippen LogP contribution in [-0.2, 0) is 4.79 Å². The minimum atomic E-state index is 0.244. The van der Waals surface area contributed by atoms with Gasteiger partial charge in [-0.05, 0) is 56.2 Å². The van der Waals surface area contributed by atoms with Gasteiger partial charge in [-0.1, -0.05) is 50.1 Å². The molecule has 1 saturated carbocycles. The molecular formula is C21H32N2O. The molecule has 3 nitrogen and oxygen atoms in total. The predicted octanol–water partition coefficient (Wildman–Crippen LogP) is 4.16. The molecule has 0 spiro atoms. The van der Waals surface area contributed by atoms with Gasteiger partial charge in [-0.3, -0.25) is 9.69 Å². The number of nitrogens with one attached hydrogen (secondary N) is 1. The third kappa shape index (κ3) is 4.83. The van der Waals surface area contributed by atoms with E-state index < -0.39 is 0 Å². The minimum absolute atomic E-state index is 0.244. The van der Waals surface area contributed by atoms with Gasteiger partial charge >= 0.3 is 0 Å². The summed E-state index contributed by atoms with van der Waals surface area (Å²) in [5, 5.41) is 3.24. The van der Waals surface area contributed by atoms with Crippen molar-refractivity contribution in [1.82, 2.24) is 10.2 Å². The molecule has 3 heteroatoms. The molecule has 1 aliphatic heterocycles. The number of likely N-dealkylation sites (tertiary alicyclic amines) is 1. The number of piperidine rings is 1. The Bertz CT molecular complexity index is 502. The summed E-state index contributed by atoms with van der Waals surface area (Å²) < 4.78 is 0. The molecule has 1 heterocycles. The second-order valence-corrected chi connectivity index (χ2v) is 7.80. The number of rotatable bonds is 6. The van der Waals surface area contributed by atoms with E-state index in [0.29, 0.717) is 12.0 Å². The van der Waals surface area contributed by atoms with Gasteiger partial charge < -0.3 is 5.32 Å². The first-order valence-corrected chi connectivity index (χ1v) is 9.78. The third-order valence-electron chi connectivity index (χ3n) is 5.88. The molecule has 1 atom stereocenters. The molecule has 1 aliphatic carbocycles. The molecule has 0 aromatic heterocycles. The molecule has 1 amide bonds. The Balaban J connectivity index is 1.58. The van der Waals surface area contributed by atoms with Crippen LogP contribution in [0.4, 0.5) is 0 Å². The molecule has 0 bridgehead atoms. The number of benzene rings is 1. The lowest BCUT2D eigenvalue weighted by atomic mass is 9.95.